The number of hydrogen-bond acceptors (Lipinski definition) is 6. The highest BCUT2D eigenvalue weighted by molar-refractivity contribution is 6.14. The Morgan fingerprint density at radius 1 is 1.05 bits per heavy atom. The second-order valence-electron chi connectivity index (χ2n) is 9.70. The number of rotatable bonds is 9. The molecule has 190 valence electrons. The topological polar surface area (TPSA) is 121 Å². The first-order valence-corrected chi connectivity index (χ1v) is 12.7. The molecule has 5 rings (SSSR count). The van der Waals surface area contributed by atoms with Gasteiger partial charge >= 0.3 is 0 Å². The van der Waals surface area contributed by atoms with Gasteiger partial charge in [-0.15, -0.1) is 0 Å². The lowest BCUT2D eigenvalue weighted by Crippen LogP contribution is -2.37. The molecule has 1 aliphatic heterocycles. The van der Waals surface area contributed by atoms with Gasteiger partial charge < -0.3 is 20.7 Å². The Balaban J connectivity index is 1.27. The molecule has 3 aromatic rings. The van der Waals surface area contributed by atoms with Crippen LogP contribution in [0.5, 0.6) is 5.75 Å². The summed E-state index contributed by atoms with van der Waals surface area (Å²) in [5.41, 5.74) is 9.39. The summed E-state index contributed by atoms with van der Waals surface area (Å²) < 4.78 is 6.06. The van der Waals surface area contributed by atoms with E-state index in [9.17, 15) is 9.59 Å². The summed E-state index contributed by atoms with van der Waals surface area (Å²) in [7, 11) is 0. The van der Waals surface area contributed by atoms with Crippen molar-refractivity contribution < 1.29 is 14.3 Å². The van der Waals surface area contributed by atoms with E-state index in [1.807, 2.05) is 42.5 Å². The van der Waals surface area contributed by atoms with Crippen molar-refractivity contribution in [1.82, 2.24) is 15.2 Å². The lowest BCUT2D eigenvalue weighted by atomic mass is 9.98. The number of anilines is 1. The predicted octanol–water partition coefficient (Wildman–Crippen LogP) is 3.96. The minimum atomic E-state index is -0.207. The number of benzene rings is 2. The van der Waals surface area contributed by atoms with Crippen molar-refractivity contribution in [1.29, 1.82) is 5.41 Å². The van der Waals surface area contributed by atoms with Crippen molar-refractivity contribution in [2.45, 2.75) is 37.8 Å². The van der Waals surface area contributed by atoms with E-state index >= 15 is 0 Å². The van der Waals surface area contributed by atoms with Crippen LogP contribution in [-0.2, 0) is 4.79 Å². The van der Waals surface area contributed by atoms with Crippen LogP contribution < -0.4 is 15.8 Å². The van der Waals surface area contributed by atoms with Crippen molar-refractivity contribution in [3.63, 3.8) is 0 Å². The van der Waals surface area contributed by atoms with Gasteiger partial charge in [0.05, 0.1) is 17.4 Å². The lowest BCUT2D eigenvalue weighted by Gasteiger charge is -2.29. The Labute approximate surface area is 216 Å². The second kappa shape index (κ2) is 10.8. The van der Waals surface area contributed by atoms with Gasteiger partial charge in [-0.3, -0.25) is 20.0 Å². The predicted molar refractivity (Wildman–Crippen MR) is 142 cm³/mol. The zero-order valence-electron chi connectivity index (χ0n) is 20.6. The molecule has 0 unspecified atom stereocenters. The summed E-state index contributed by atoms with van der Waals surface area (Å²) in [6, 6.07) is 18.0. The number of nitrogen functional groups attached to an aromatic ring is 1. The van der Waals surface area contributed by atoms with Crippen LogP contribution in [0.2, 0.25) is 0 Å². The summed E-state index contributed by atoms with van der Waals surface area (Å²) in [4.78, 5) is 30.3. The van der Waals surface area contributed by atoms with E-state index in [-0.39, 0.29) is 23.8 Å². The molecule has 8 heteroatoms. The zero-order valence-corrected chi connectivity index (χ0v) is 20.6. The molecule has 1 saturated carbocycles. The van der Waals surface area contributed by atoms with Gasteiger partial charge in [-0.2, -0.15) is 0 Å². The number of carbonyl (C=O) groups excluding carboxylic acids is 2. The van der Waals surface area contributed by atoms with E-state index in [1.165, 1.54) is 0 Å². The van der Waals surface area contributed by atoms with E-state index in [2.05, 4.69) is 10.3 Å². The van der Waals surface area contributed by atoms with Crippen LogP contribution in [0.25, 0.3) is 0 Å². The van der Waals surface area contributed by atoms with Gasteiger partial charge in [0.1, 0.15) is 11.9 Å². The highest BCUT2D eigenvalue weighted by Gasteiger charge is 2.34. The maximum Gasteiger partial charge on any atom is 0.251 e. The van der Waals surface area contributed by atoms with E-state index in [0.717, 1.165) is 43.5 Å². The van der Waals surface area contributed by atoms with Gasteiger partial charge in [-0.05, 0) is 73.4 Å². The van der Waals surface area contributed by atoms with Gasteiger partial charge in [0.2, 0.25) is 6.41 Å². The molecule has 2 amide bonds. The average Bonchev–Trinajstić information content (AvgIpc) is 3.78. The molecule has 0 radical (unpaired) electrons. The number of nitrogens with zero attached hydrogens (tertiary/aromatic N) is 2. The standard InChI is InChI=1S/C29H31N5O3/c30-25-11-8-21(29(36)33-28(20-4-5-20)26-3-1-2-14-32-26)17-24(25)27(31)19-6-9-22(10-7-19)37-23-12-15-34(18-35)16-13-23/h1-3,6-11,14,17-18,20,23,28,31H,4-5,12-13,15-16,30H2,(H,33,36)/t28-/m1/s1. The number of carbonyl (C=O) groups is 2. The Morgan fingerprint density at radius 3 is 2.43 bits per heavy atom. The Kier molecular flexibility index (Phi) is 7.16. The summed E-state index contributed by atoms with van der Waals surface area (Å²) in [6.45, 7) is 1.40. The number of hydrogen-bond donors (Lipinski definition) is 3. The van der Waals surface area contributed by atoms with Gasteiger partial charge in [-0.25, -0.2) is 0 Å². The third-order valence-electron chi connectivity index (χ3n) is 7.04. The summed E-state index contributed by atoms with van der Waals surface area (Å²) >= 11 is 0. The Hall–Kier alpha value is -4.20. The number of pyridine rings is 1. The molecule has 2 heterocycles. The first-order valence-electron chi connectivity index (χ1n) is 12.7. The van der Waals surface area contributed by atoms with Gasteiger partial charge in [-0.1, -0.05) is 6.07 Å². The summed E-state index contributed by atoms with van der Waals surface area (Å²) in [6.07, 6.45) is 6.41. The Bertz CT molecular complexity index is 1270. The minimum absolute atomic E-state index is 0.0675. The van der Waals surface area contributed by atoms with Gasteiger partial charge in [0.15, 0.2) is 0 Å². The molecule has 2 aliphatic rings. The number of piperidine rings is 1. The van der Waals surface area contributed by atoms with Crippen molar-refractivity contribution in [3.8, 4) is 5.75 Å². The second-order valence-corrected chi connectivity index (χ2v) is 9.70. The number of ether oxygens (including phenoxy) is 1. The largest absolute Gasteiger partial charge is 0.490 e. The molecule has 4 N–H and O–H groups in total. The Morgan fingerprint density at radius 2 is 1.78 bits per heavy atom. The molecule has 37 heavy (non-hydrogen) atoms. The molecular weight excluding hydrogens is 466 g/mol. The minimum Gasteiger partial charge on any atom is -0.490 e. The van der Waals surface area contributed by atoms with Crippen LogP contribution in [0.4, 0.5) is 5.69 Å². The molecule has 8 nitrogen and oxygen atoms in total. The monoisotopic (exact) mass is 497 g/mol. The number of aromatic nitrogens is 1. The third kappa shape index (κ3) is 5.80. The smallest absolute Gasteiger partial charge is 0.251 e. The molecule has 1 aliphatic carbocycles. The van der Waals surface area contributed by atoms with E-state index in [1.54, 1.807) is 29.3 Å². The number of nitrogens with one attached hydrogen (secondary N) is 2. The fraction of sp³-hybridized carbons (Fsp3) is 0.310. The van der Waals surface area contributed by atoms with Crippen LogP contribution in [0, 0.1) is 11.3 Å². The zero-order chi connectivity index (χ0) is 25.8. The average molecular weight is 498 g/mol. The van der Waals surface area contributed by atoms with Crippen LogP contribution in [0.15, 0.2) is 66.9 Å². The molecule has 1 saturated heterocycles. The van der Waals surface area contributed by atoms with Crippen molar-refractivity contribution in [2.24, 2.45) is 5.92 Å². The van der Waals surface area contributed by atoms with Crippen LogP contribution in [0.1, 0.15) is 58.9 Å². The summed E-state index contributed by atoms with van der Waals surface area (Å²) in [5, 5.41) is 11.9. The maximum absolute atomic E-state index is 13.2. The maximum atomic E-state index is 13.2. The van der Waals surface area contributed by atoms with Crippen LogP contribution in [-0.4, -0.2) is 47.1 Å². The molecule has 1 atom stereocenters. The molecule has 2 fully saturated rings. The van der Waals surface area contributed by atoms with Crippen molar-refractivity contribution in [3.05, 3.63) is 89.2 Å². The quantitative estimate of drug-likeness (QED) is 0.235. The first-order chi connectivity index (χ1) is 18.0. The SMILES string of the molecule is N=C(c1ccc(OC2CCN(C=O)CC2)cc1)c1cc(C(=O)N[C@@H](c2ccccn2)C2CC2)ccc1N. The lowest BCUT2D eigenvalue weighted by molar-refractivity contribution is -0.119. The number of amides is 2. The van der Waals surface area contributed by atoms with Crippen molar-refractivity contribution in [2.75, 3.05) is 18.8 Å². The van der Waals surface area contributed by atoms with Crippen LogP contribution in [0.3, 0.4) is 0 Å². The van der Waals surface area contributed by atoms with E-state index < -0.39 is 0 Å². The van der Waals surface area contributed by atoms with Crippen LogP contribution >= 0.6 is 0 Å². The third-order valence-corrected chi connectivity index (χ3v) is 7.04. The van der Waals surface area contributed by atoms with Gasteiger partial charge in [0.25, 0.3) is 5.91 Å². The van der Waals surface area contributed by atoms with E-state index in [4.69, 9.17) is 15.9 Å². The fourth-order valence-electron chi connectivity index (χ4n) is 4.71. The molecule has 2 aromatic carbocycles. The molecule has 0 bridgehead atoms. The fourth-order valence-corrected chi connectivity index (χ4v) is 4.71. The number of nitrogens with two attached hydrogens (primary N) is 1. The normalized spacial score (nSPS) is 16.6. The first kappa shape index (κ1) is 24.5. The highest BCUT2D eigenvalue weighted by Crippen LogP contribution is 2.40. The van der Waals surface area contributed by atoms with Gasteiger partial charge in [0, 0.05) is 54.5 Å². The highest BCUT2D eigenvalue weighted by atomic mass is 16.5. The van der Waals surface area contributed by atoms with E-state index in [0.29, 0.717) is 41.4 Å². The molecule has 1 aromatic heterocycles. The molecular formula is C29H31N5O3. The summed E-state index contributed by atoms with van der Waals surface area (Å²) in [5.74, 6) is 0.910. The van der Waals surface area contributed by atoms with Crippen molar-refractivity contribution >= 4 is 23.7 Å². The molecule has 0 spiro atoms. The number of likely N-dealkylation sites (tertiary alicyclic amines) is 1.